The molecule has 4 aromatic heterocycles. The van der Waals surface area contributed by atoms with Crippen molar-refractivity contribution in [2.24, 2.45) is 0 Å². The van der Waals surface area contributed by atoms with Crippen molar-refractivity contribution in [3.63, 3.8) is 0 Å². The van der Waals surface area contributed by atoms with Gasteiger partial charge in [-0.2, -0.15) is 0 Å². The predicted octanol–water partition coefficient (Wildman–Crippen LogP) is 9.24. The van der Waals surface area contributed by atoms with E-state index in [4.69, 9.17) is 19.1 Å². The molecule has 0 radical (unpaired) electrons. The number of hydrogen-bond donors (Lipinski definition) is 0. The molecule has 0 spiro atoms. The summed E-state index contributed by atoms with van der Waals surface area (Å²) in [7, 11) is 0. The number of pyridine rings is 3. The summed E-state index contributed by atoms with van der Waals surface area (Å²) in [5.74, 6) is 1.35. The topological polar surface area (TPSA) is 43.1 Å². The summed E-state index contributed by atoms with van der Waals surface area (Å²) in [6.45, 7) is 1.97. The van der Waals surface area contributed by atoms with Gasteiger partial charge in [-0.3, -0.25) is 4.98 Å². The largest absolute Gasteiger partial charge is 2.00 e. The van der Waals surface area contributed by atoms with Gasteiger partial charge < -0.3 is 9.38 Å². The minimum atomic E-state index is -2.33. The average Bonchev–Trinajstić information content (AvgIpc) is 3.48. The van der Waals surface area contributed by atoms with Crippen molar-refractivity contribution >= 4 is 38.5 Å². The van der Waals surface area contributed by atoms with E-state index < -0.39 is 12.3 Å². The molecule has 0 unspecified atom stereocenters. The number of imidazole rings is 1. The van der Waals surface area contributed by atoms with Gasteiger partial charge in [0.05, 0.1) is 11.0 Å². The molecule has 0 amide bonds. The van der Waals surface area contributed by atoms with Gasteiger partial charge in [0, 0.05) is 31.9 Å². The first-order chi connectivity index (χ1) is 22.2. The van der Waals surface area contributed by atoms with E-state index in [-0.39, 0.29) is 26.6 Å². The quantitative estimate of drug-likeness (QED) is 0.134. The van der Waals surface area contributed by atoms with Crippen LogP contribution in [0.25, 0.3) is 49.7 Å². The van der Waals surface area contributed by atoms with Crippen molar-refractivity contribution in [1.82, 2.24) is 19.4 Å². The predicted molar refractivity (Wildman–Crippen MR) is 174 cm³/mol. The summed E-state index contributed by atoms with van der Waals surface area (Å²) in [6.07, 6.45) is 5.18. The van der Waals surface area contributed by atoms with E-state index in [1.165, 1.54) is 36.8 Å². The fourth-order valence-electron chi connectivity index (χ4n) is 7.67. The van der Waals surface area contributed by atoms with Crippen molar-refractivity contribution in [3.8, 4) is 11.3 Å². The molecule has 0 saturated heterocycles. The van der Waals surface area contributed by atoms with Crippen LogP contribution in [-0.4, -0.2) is 19.4 Å². The monoisotopic (exact) mass is 754 g/mol. The third-order valence-electron chi connectivity index (χ3n) is 10.1. The first-order valence-corrected chi connectivity index (χ1v) is 15.3. The van der Waals surface area contributed by atoms with E-state index in [1.54, 1.807) is 12.1 Å². The second-order valence-electron chi connectivity index (χ2n) is 12.8. The first kappa shape index (κ1) is 24.4. The second-order valence-corrected chi connectivity index (χ2v) is 12.8. The summed E-state index contributed by atoms with van der Waals surface area (Å²) in [5.41, 5.74) is 10.3. The van der Waals surface area contributed by atoms with Crippen LogP contribution in [-0.2, 0) is 26.5 Å². The van der Waals surface area contributed by atoms with Crippen LogP contribution >= 0.6 is 0 Å². The summed E-state index contributed by atoms with van der Waals surface area (Å²) >= 11 is 0. The van der Waals surface area contributed by atoms with Crippen LogP contribution in [0.15, 0.2) is 78.9 Å². The van der Waals surface area contributed by atoms with E-state index in [0.717, 1.165) is 39.2 Å². The van der Waals surface area contributed by atoms with Crippen LogP contribution < -0.4 is 0 Å². The van der Waals surface area contributed by atoms with Gasteiger partial charge >= 0.3 is 21.1 Å². The van der Waals surface area contributed by atoms with Crippen molar-refractivity contribution in [2.75, 3.05) is 0 Å². The summed E-state index contributed by atoms with van der Waals surface area (Å²) < 4.78 is 27.1. The Morgan fingerprint density at radius 2 is 1.61 bits per heavy atom. The maximum Gasteiger partial charge on any atom is 2.00 e. The second kappa shape index (κ2) is 10.1. The Morgan fingerprint density at radius 1 is 0.818 bits per heavy atom. The Balaban J connectivity index is 0.00000324. The van der Waals surface area contributed by atoms with Gasteiger partial charge in [-0.05, 0) is 68.6 Å². The molecule has 44 heavy (non-hydrogen) atoms. The fourth-order valence-corrected chi connectivity index (χ4v) is 7.67. The van der Waals surface area contributed by atoms with Crippen molar-refractivity contribution < 1.29 is 25.2 Å². The van der Waals surface area contributed by atoms with E-state index in [1.807, 2.05) is 28.7 Å². The summed E-state index contributed by atoms with van der Waals surface area (Å²) in [5, 5.41) is 1.22. The fraction of sp³-hybridized carbons (Fsp3) is 0.256. The molecule has 3 aromatic carbocycles. The Labute approximate surface area is 276 Å². The zero-order valence-electron chi connectivity index (χ0n) is 27.6. The van der Waals surface area contributed by atoms with Gasteiger partial charge in [0.15, 0.2) is 0 Å². The molecule has 3 aliphatic carbocycles. The van der Waals surface area contributed by atoms with Gasteiger partial charge in [-0.25, -0.2) is 4.98 Å². The van der Waals surface area contributed by atoms with Gasteiger partial charge in [0.2, 0.25) is 0 Å². The first-order valence-electron chi connectivity index (χ1n) is 16.8. The van der Waals surface area contributed by atoms with Crippen LogP contribution in [0.2, 0.25) is 0 Å². The molecule has 1 saturated carbocycles. The molecular weight excluding hydrogens is 720 g/mol. The van der Waals surface area contributed by atoms with E-state index in [2.05, 4.69) is 68.4 Å². The SMILES string of the molecule is [2H]C([2H])([2H])c1cc[c-]c2c3nc(C(C)(C)c4cccc(-c5[c-]cc6c(c5)C5CCC6CC5)n4)ccc3n3c4ccccc4nc3c12.[Pt+2]. The molecule has 0 aliphatic heterocycles. The smallest absolute Gasteiger partial charge is 0.307 e. The Hall–Kier alpha value is -3.88. The van der Waals surface area contributed by atoms with Gasteiger partial charge in [-0.1, -0.05) is 55.3 Å². The molecular formula is C39H32N4Pt. The molecule has 1 fully saturated rings. The summed E-state index contributed by atoms with van der Waals surface area (Å²) in [6, 6.07) is 33.0. The molecule has 218 valence electrons. The summed E-state index contributed by atoms with van der Waals surface area (Å²) in [4.78, 5) is 15.4. The molecule has 5 heteroatoms. The molecule has 10 rings (SSSR count). The van der Waals surface area contributed by atoms with E-state index in [9.17, 15) is 0 Å². The van der Waals surface area contributed by atoms with Crippen LogP contribution in [0.3, 0.4) is 0 Å². The number of rotatable bonds is 3. The number of aryl methyl sites for hydroxylation is 1. The van der Waals surface area contributed by atoms with E-state index >= 15 is 0 Å². The molecule has 4 heterocycles. The number of aromatic nitrogens is 4. The standard InChI is InChI=1S/C39H32N4.Pt/c1-23-8-6-9-28-36(23)38-41-31-10-4-5-12-32(31)43(38)33-20-21-35(42-37(28)33)39(2,3)34-13-7-11-30(40-34)26-18-19-27-24-14-16-25(17-15-24)29(27)22-26;/h4-8,10-13,19-22,24-25H,14-17H2,1-3H3;/q-2;+2/i1D3;. The maximum atomic E-state index is 8.34. The minimum Gasteiger partial charge on any atom is -0.307 e. The van der Waals surface area contributed by atoms with Crippen molar-refractivity contribution in [3.05, 3.63) is 119 Å². The third-order valence-corrected chi connectivity index (χ3v) is 10.1. The van der Waals surface area contributed by atoms with Crippen molar-refractivity contribution in [2.45, 2.75) is 63.6 Å². The number of fused-ring (bicyclic) bond motifs is 10. The van der Waals surface area contributed by atoms with Gasteiger partial charge in [0.25, 0.3) is 0 Å². The Morgan fingerprint density at radius 3 is 2.45 bits per heavy atom. The number of nitrogens with zero attached hydrogens (tertiary/aromatic N) is 4. The van der Waals surface area contributed by atoms with Crippen LogP contribution in [0.4, 0.5) is 0 Å². The molecule has 0 N–H and O–H groups in total. The van der Waals surface area contributed by atoms with Gasteiger partial charge in [0.1, 0.15) is 5.65 Å². The molecule has 3 aliphatic rings. The minimum absolute atomic E-state index is 0. The van der Waals surface area contributed by atoms with Crippen LogP contribution in [0.1, 0.15) is 83.6 Å². The molecule has 2 bridgehead atoms. The van der Waals surface area contributed by atoms with E-state index in [0.29, 0.717) is 33.8 Å². The number of para-hydroxylation sites is 2. The van der Waals surface area contributed by atoms with Crippen LogP contribution in [0, 0.1) is 19.0 Å². The van der Waals surface area contributed by atoms with Crippen molar-refractivity contribution in [1.29, 1.82) is 0 Å². The maximum absolute atomic E-state index is 8.34. The number of hydrogen-bond acceptors (Lipinski definition) is 3. The number of benzene rings is 3. The molecule has 7 aromatic rings. The van der Waals surface area contributed by atoms with Gasteiger partial charge in [-0.15, -0.1) is 64.0 Å². The van der Waals surface area contributed by atoms with Crippen LogP contribution in [0.5, 0.6) is 0 Å². The third kappa shape index (κ3) is 3.96. The average molecular weight is 755 g/mol. The zero-order valence-corrected chi connectivity index (χ0v) is 26.9. The zero-order chi connectivity index (χ0) is 31.4. The Kier molecular flexibility index (Phi) is 5.60. The Bertz CT molecular complexity index is 2370. The molecule has 0 atom stereocenters. The normalized spacial score (nSPS) is 19.1. The molecule has 4 nitrogen and oxygen atoms in total.